The smallest absolute Gasteiger partial charge is 0.406 e. The molecular weight excluding hydrogens is 532 g/mol. The zero-order chi connectivity index (χ0) is 21.9. The maximum Gasteiger partial charge on any atom is 0.573 e. The second-order valence-corrected chi connectivity index (χ2v) is 8.95. The van der Waals surface area contributed by atoms with Crippen LogP contribution in [0.1, 0.15) is 37.1 Å². The molecule has 1 atom stereocenters. The van der Waals surface area contributed by atoms with Crippen LogP contribution in [0.3, 0.4) is 0 Å². The molecule has 1 fully saturated rings. The molecule has 2 heterocycles. The Morgan fingerprint density at radius 1 is 1.40 bits per heavy atom. The highest BCUT2D eigenvalue weighted by Gasteiger charge is 2.31. The Balaban J connectivity index is 1.99. The van der Waals surface area contributed by atoms with Crippen LogP contribution in [0.2, 0.25) is 0 Å². The predicted octanol–water partition coefficient (Wildman–Crippen LogP) is 5.09. The van der Waals surface area contributed by atoms with Gasteiger partial charge in [-0.1, -0.05) is 33.9 Å². The van der Waals surface area contributed by atoms with E-state index in [2.05, 4.69) is 55.0 Å². The maximum absolute atomic E-state index is 12.8. The monoisotopic (exact) mass is 554 g/mol. The predicted molar refractivity (Wildman–Crippen MR) is 119 cm³/mol. The van der Waals surface area contributed by atoms with Crippen LogP contribution in [0.15, 0.2) is 18.2 Å². The first-order chi connectivity index (χ1) is 14.1. The number of alkyl halides is 4. The summed E-state index contributed by atoms with van der Waals surface area (Å²) in [5, 5.41) is 0.472. The van der Waals surface area contributed by atoms with E-state index in [-0.39, 0.29) is 11.7 Å². The van der Waals surface area contributed by atoms with E-state index in [1.165, 1.54) is 30.4 Å². The van der Waals surface area contributed by atoms with Gasteiger partial charge in [0, 0.05) is 34.4 Å². The molecular formula is C19H22F3IN4O2S. The normalized spacial score (nSPS) is 17.2. The number of hydrazine groups is 1. The van der Waals surface area contributed by atoms with Crippen molar-refractivity contribution in [3.63, 3.8) is 0 Å². The van der Waals surface area contributed by atoms with Crippen LogP contribution in [0.5, 0.6) is 5.75 Å². The minimum Gasteiger partial charge on any atom is -0.406 e. The molecule has 0 aliphatic carbocycles. The molecule has 1 aliphatic heterocycles. The first-order valence-electron chi connectivity index (χ1n) is 9.37. The standard InChI is InChI=1S/C19H22F3IN4O2S/c1-11-4-3-5-27(11)10-16-17(24-18(30-16)26-25-12(2)28)14-6-13(9-23)7-15(8-14)29-19(20,21)22/h6-8,11H,3-5,9-10H2,1-2H3,(H,24,26)(H,25,28)/t11-/m1/s1. The molecule has 0 spiro atoms. The zero-order valence-electron chi connectivity index (χ0n) is 16.5. The van der Waals surface area contributed by atoms with E-state index in [1.807, 2.05) is 6.07 Å². The number of anilines is 1. The average Bonchev–Trinajstić information content (AvgIpc) is 3.25. The maximum atomic E-state index is 12.8. The zero-order valence-corrected chi connectivity index (χ0v) is 19.4. The Labute approximate surface area is 190 Å². The number of aromatic nitrogens is 1. The number of hydrogen-bond donors (Lipinski definition) is 2. The Kier molecular flexibility index (Phi) is 7.45. The lowest BCUT2D eigenvalue weighted by Gasteiger charge is -2.20. The van der Waals surface area contributed by atoms with Crippen molar-refractivity contribution in [3.8, 4) is 17.0 Å². The topological polar surface area (TPSA) is 66.5 Å². The molecule has 11 heteroatoms. The summed E-state index contributed by atoms with van der Waals surface area (Å²) < 4.78 is 43.1. The van der Waals surface area contributed by atoms with Gasteiger partial charge in [0.05, 0.1) is 5.69 Å². The number of nitrogens with one attached hydrogen (secondary N) is 2. The van der Waals surface area contributed by atoms with Gasteiger partial charge in [0.25, 0.3) is 0 Å². The lowest BCUT2D eigenvalue weighted by molar-refractivity contribution is -0.274. The molecule has 1 aromatic heterocycles. The molecule has 0 unspecified atom stereocenters. The van der Waals surface area contributed by atoms with Crippen LogP contribution < -0.4 is 15.6 Å². The molecule has 0 bridgehead atoms. The summed E-state index contributed by atoms with van der Waals surface area (Å²) in [5.41, 5.74) is 7.11. The van der Waals surface area contributed by atoms with Gasteiger partial charge < -0.3 is 4.74 Å². The third-order valence-corrected chi connectivity index (χ3v) is 6.54. The highest BCUT2D eigenvalue weighted by Crippen LogP contribution is 2.37. The van der Waals surface area contributed by atoms with Crippen LogP contribution in [-0.2, 0) is 15.8 Å². The summed E-state index contributed by atoms with van der Waals surface area (Å²) in [4.78, 5) is 19.0. The summed E-state index contributed by atoms with van der Waals surface area (Å²) in [7, 11) is 0. The quantitative estimate of drug-likeness (QED) is 0.284. The van der Waals surface area contributed by atoms with Crippen LogP contribution >= 0.6 is 33.9 Å². The number of halogens is 4. The van der Waals surface area contributed by atoms with Gasteiger partial charge in [0.1, 0.15) is 5.75 Å². The lowest BCUT2D eigenvalue weighted by Crippen LogP contribution is -2.26. The van der Waals surface area contributed by atoms with Crippen molar-refractivity contribution >= 4 is 45.0 Å². The molecule has 1 aliphatic rings. The molecule has 1 aromatic carbocycles. The van der Waals surface area contributed by atoms with Crippen LogP contribution in [0.25, 0.3) is 11.3 Å². The molecule has 6 nitrogen and oxygen atoms in total. The molecule has 164 valence electrons. The lowest BCUT2D eigenvalue weighted by atomic mass is 10.1. The summed E-state index contributed by atoms with van der Waals surface area (Å²) in [6.07, 6.45) is -2.55. The van der Waals surface area contributed by atoms with Crippen molar-refractivity contribution in [2.45, 2.75) is 50.1 Å². The Bertz CT molecular complexity index is 906. The van der Waals surface area contributed by atoms with Gasteiger partial charge in [-0.15, -0.1) is 13.2 Å². The molecule has 0 radical (unpaired) electrons. The summed E-state index contributed by atoms with van der Waals surface area (Å²) in [5.74, 6) is -0.536. The fourth-order valence-electron chi connectivity index (χ4n) is 3.36. The first kappa shape index (κ1) is 23.1. The Morgan fingerprint density at radius 2 is 2.17 bits per heavy atom. The largest absolute Gasteiger partial charge is 0.573 e. The van der Waals surface area contributed by atoms with Gasteiger partial charge in [-0.25, -0.2) is 4.98 Å². The molecule has 3 rings (SSSR count). The van der Waals surface area contributed by atoms with Gasteiger partial charge in [0.2, 0.25) is 11.0 Å². The van der Waals surface area contributed by atoms with Crippen molar-refractivity contribution in [1.29, 1.82) is 0 Å². The third-order valence-electron chi connectivity index (χ3n) is 4.71. The number of hydrogen-bond acceptors (Lipinski definition) is 6. The number of likely N-dealkylation sites (tertiary alicyclic amines) is 1. The van der Waals surface area contributed by atoms with E-state index >= 15 is 0 Å². The summed E-state index contributed by atoms with van der Waals surface area (Å²) in [6.45, 7) is 5.14. The van der Waals surface area contributed by atoms with Gasteiger partial charge in [0.15, 0.2) is 0 Å². The van der Waals surface area contributed by atoms with Crippen molar-refractivity contribution < 1.29 is 22.7 Å². The fourth-order valence-corrected chi connectivity index (χ4v) is 4.76. The molecule has 2 aromatic rings. The average molecular weight is 554 g/mol. The van der Waals surface area contributed by atoms with E-state index in [0.717, 1.165) is 24.3 Å². The number of carbonyl (C=O) groups excluding carboxylic acids is 1. The first-order valence-corrected chi connectivity index (χ1v) is 11.7. The minimum absolute atomic E-state index is 0.267. The molecule has 1 saturated heterocycles. The van der Waals surface area contributed by atoms with E-state index in [9.17, 15) is 18.0 Å². The second kappa shape index (κ2) is 9.69. The number of carbonyl (C=O) groups is 1. The molecule has 1 amide bonds. The molecule has 30 heavy (non-hydrogen) atoms. The van der Waals surface area contributed by atoms with Gasteiger partial charge in [-0.2, -0.15) is 0 Å². The summed E-state index contributed by atoms with van der Waals surface area (Å²) >= 11 is 3.47. The number of ether oxygens (including phenoxy) is 1. The minimum atomic E-state index is -4.77. The van der Waals surface area contributed by atoms with Gasteiger partial charge in [-0.05, 0) is 50.1 Å². The van der Waals surface area contributed by atoms with Crippen molar-refractivity contribution in [2.75, 3.05) is 12.0 Å². The van der Waals surface area contributed by atoms with E-state index in [1.54, 1.807) is 0 Å². The molecule has 2 N–H and O–H groups in total. The van der Waals surface area contributed by atoms with Crippen molar-refractivity contribution in [3.05, 3.63) is 28.6 Å². The van der Waals surface area contributed by atoms with E-state index < -0.39 is 6.36 Å². The van der Waals surface area contributed by atoms with Crippen LogP contribution in [-0.4, -0.2) is 34.7 Å². The van der Waals surface area contributed by atoms with E-state index in [4.69, 9.17) is 0 Å². The van der Waals surface area contributed by atoms with Crippen molar-refractivity contribution in [1.82, 2.24) is 15.3 Å². The Hall–Kier alpha value is -1.60. The van der Waals surface area contributed by atoms with Crippen LogP contribution in [0, 0.1) is 0 Å². The number of amides is 1. The van der Waals surface area contributed by atoms with Gasteiger partial charge in [-0.3, -0.25) is 20.5 Å². The second-order valence-electron chi connectivity index (χ2n) is 7.11. The number of rotatable bonds is 7. The molecule has 0 saturated carbocycles. The van der Waals surface area contributed by atoms with Crippen molar-refractivity contribution in [2.24, 2.45) is 0 Å². The van der Waals surface area contributed by atoms with E-state index in [0.29, 0.717) is 39.0 Å². The van der Waals surface area contributed by atoms with Gasteiger partial charge >= 0.3 is 6.36 Å². The third kappa shape index (κ3) is 6.20. The highest BCUT2D eigenvalue weighted by molar-refractivity contribution is 14.1. The fraction of sp³-hybridized carbons (Fsp3) is 0.474. The number of thiazole rings is 1. The Morgan fingerprint density at radius 3 is 2.77 bits per heavy atom. The number of benzene rings is 1. The number of nitrogens with zero attached hydrogens (tertiary/aromatic N) is 2. The van der Waals surface area contributed by atoms with Crippen LogP contribution in [0.4, 0.5) is 18.3 Å². The SMILES string of the molecule is CC(=O)NNc1nc(-c2cc(CI)cc(OC(F)(F)F)c2)c(CN2CCC[C@H]2C)s1. The summed E-state index contributed by atoms with van der Waals surface area (Å²) in [6, 6.07) is 4.99. The highest BCUT2D eigenvalue weighted by atomic mass is 127.